The lowest BCUT2D eigenvalue weighted by molar-refractivity contribution is -0.00436. The van der Waals surface area contributed by atoms with Crippen LogP contribution in [0.4, 0.5) is 0 Å². The number of carbonyl (C=O) groups excluding carboxylic acids is 2. The van der Waals surface area contributed by atoms with Crippen LogP contribution in [0, 0.1) is 0 Å². The summed E-state index contributed by atoms with van der Waals surface area (Å²) < 4.78 is 31.1. The van der Waals surface area contributed by atoms with Gasteiger partial charge in [-0.2, -0.15) is 13.2 Å². The minimum Gasteiger partial charge on any atom is -0.504 e. The van der Waals surface area contributed by atoms with E-state index in [2.05, 4.69) is 4.79 Å². The summed E-state index contributed by atoms with van der Waals surface area (Å²) in [5.74, 6) is -3.73. The average molecular weight is 462 g/mol. The molecule has 3 aromatic rings. The molecule has 9 nitrogen and oxygen atoms in total. The van der Waals surface area contributed by atoms with Gasteiger partial charge in [0.2, 0.25) is 5.75 Å². The lowest BCUT2D eigenvalue weighted by Gasteiger charge is -2.15. The molecule has 4 rings (SSSR count). The summed E-state index contributed by atoms with van der Waals surface area (Å²) in [6.45, 7) is 0. The first kappa shape index (κ1) is 21.7. The molecule has 0 saturated carbocycles. The van der Waals surface area contributed by atoms with Gasteiger partial charge >= 0.3 is 15.8 Å². The van der Waals surface area contributed by atoms with E-state index in [1.54, 1.807) is 18.2 Å². The fourth-order valence-electron chi connectivity index (χ4n) is 3.31. The van der Waals surface area contributed by atoms with Crippen molar-refractivity contribution in [3.05, 3.63) is 94.5 Å². The fourth-order valence-corrected chi connectivity index (χ4v) is 4.48. The van der Waals surface area contributed by atoms with Gasteiger partial charge in [-0.1, -0.05) is 42.5 Å². The SMILES string of the molecule is [N-]=[N+]=C1C=Cc2c(cccc2S(=O)(=O)Oc2c(O)ccc(C(=O)c3ccccc3)c2O)C1=O. The Morgan fingerprint density at radius 3 is 2.36 bits per heavy atom. The first-order chi connectivity index (χ1) is 15.7. The number of ketones is 2. The quantitative estimate of drug-likeness (QED) is 0.256. The highest BCUT2D eigenvalue weighted by Crippen LogP contribution is 2.41. The van der Waals surface area contributed by atoms with Gasteiger partial charge in [0.05, 0.1) is 5.56 Å². The third-order valence-corrected chi connectivity index (χ3v) is 6.19. The van der Waals surface area contributed by atoms with Crippen molar-refractivity contribution in [3.8, 4) is 17.2 Å². The Balaban J connectivity index is 1.78. The number of phenolic OH excluding ortho intramolecular Hbond substituents is 2. The summed E-state index contributed by atoms with van der Waals surface area (Å²) in [7, 11) is -4.69. The van der Waals surface area contributed by atoms with E-state index < -0.39 is 43.8 Å². The standard InChI is InChI=1S/C23H14N2O7S/c24-25-17-11-9-14-15(21(17)28)7-4-8-19(14)33(30,31)32-23-18(26)12-10-16(22(23)29)20(27)13-5-2-1-3-6-13/h1-12,26,29H. The van der Waals surface area contributed by atoms with Crippen LogP contribution in [-0.4, -0.2) is 40.7 Å². The van der Waals surface area contributed by atoms with Crippen LogP contribution in [0.5, 0.6) is 17.2 Å². The number of phenols is 2. The molecule has 0 heterocycles. The summed E-state index contributed by atoms with van der Waals surface area (Å²) in [5.41, 5.74) is 8.52. The van der Waals surface area contributed by atoms with Crippen LogP contribution in [0.25, 0.3) is 11.6 Å². The van der Waals surface area contributed by atoms with Crippen molar-refractivity contribution in [3.63, 3.8) is 0 Å². The van der Waals surface area contributed by atoms with Gasteiger partial charge in [-0.25, -0.2) is 0 Å². The first-order valence-corrected chi connectivity index (χ1v) is 10.8. The van der Waals surface area contributed by atoms with Gasteiger partial charge in [0.25, 0.3) is 5.78 Å². The zero-order chi connectivity index (χ0) is 23.8. The number of rotatable bonds is 5. The van der Waals surface area contributed by atoms with Crippen LogP contribution >= 0.6 is 0 Å². The molecule has 0 aromatic heterocycles. The van der Waals surface area contributed by atoms with Gasteiger partial charge in [0.15, 0.2) is 17.3 Å². The predicted octanol–water partition coefficient (Wildman–Crippen LogP) is 2.98. The van der Waals surface area contributed by atoms with E-state index >= 15 is 0 Å². The molecule has 2 N–H and O–H groups in total. The number of benzene rings is 3. The lowest BCUT2D eigenvalue weighted by atomic mass is 9.95. The maximum Gasteiger partial charge on any atom is 0.362 e. The van der Waals surface area contributed by atoms with Crippen molar-refractivity contribution in [2.75, 3.05) is 0 Å². The van der Waals surface area contributed by atoms with Gasteiger partial charge in [-0.3, -0.25) is 9.59 Å². The van der Waals surface area contributed by atoms with Crippen molar-refractivity contribution in [2.24, 2.45) is 0 Å². The number of hydrogen-bond donors (Lipinski definition) is 2. The molecule has 0 unspecified atom stereocenters. The number of carbonyl (C=O) groups is 2. The minimum absolute atomic E-state index is 0.0228. The Bertz CT molecular complexity index is 1500. The molecule has 0 saturated heterocycles. The molecule has 0 amide bonds. The molecule has 164 valence electrons. The monoisotopic (exact) mass is 462 g/mol. The van der Waals surface area contributed by atoms with Gasteiger partial charge in [-0.05, 0) is 24.3 Å². The highest BCUT2D eigenvalue weighted by atomic mass is 32.2. The molecule has 3 aromatic carbocycles. The van der Waals surface area contributed by atoms with Gasteiger partial charge in [0.1, 0.15) is 4.90 Å². The number of fused-ring (bicyclic) bond motifs is 1. The van der Waals surface area contributed by atoms with E-state index in [9.17, 15) is 28.2 Å². The summed E-state index contributed by atoms with van der Waals surface area (Å²) in [6.07, 6.45) is 2.40. The summed E-state index contributed by atoms with van der Waals surface area (Å²) in [4.78, 5) is 27.5. The normalized spacial score (nSPS) is 12.7. The lowest BCUT2D eigenvalue weighted by Crippen LogP contribution is -2.20. The van der Waals surface area contributed by atoms with Crippen molar-refractivity contribution in [1.29, 1.82) is 0 Å². The number of Topliss-reactive ketones (excluding diaryl/α,β-unsaturated/α-hetero) is 1. The Hall–Kier alpha value is -4.53. The van der Waals surface area contributed by atoms with Gasteiger partial charge in [-0.15, -0.1) is 0 Å². The van der Waals surface area contributed by atoms with E-state index in [1.807, 2.05) is 0 Å². The number of aromatic hydroxyl groups is 2. The van der Waals surface area contributed by atoms with E-state index in [4.69, 9.17) is 9.71 Å². The van der Waals surface area contributed by atoms with Crippen LogP contribution in [-0.2, 0) is 10.1 Å². The highest BCUT2D eigenvalue weighted by Gasteiger charge is 2.32. The molecule has 1 aliphatic carbocycles. The molecule has 0 atom stereocenters. The second-order valence-corrected chi connectivity index (χ2v) is 8.42. The van der Waals surface area contributed by atoms with E-state index in [-0.39, 0.29) is 28.0 Å². The topological polar surface area (TPSA) is 154 Å². The summed E-state index contributed by atoms with van der Waals surface area (Å²) >= 11 is 0. The van der Waals surface area contributed by atoms with Crippen LogP contribution in [0.15, 0.2) is 71.6 Å². The molecular weight excluding hydrogens is 448 g/mol. The molecule has 0 fully saturated rings. The highest BCUT2D eigenvalue weighted by molar-refractivity contribution is 7.87. The van der Waals surface area contributed by atoms with Crippen molar-refractivity contribution < 1.29 is 37.2 Å². The van der Waals surface area contributed by atoms with Crippen LogP contribution in [0.3, 0.4) is 0 Å². The van der Waals surface area contributed by atoms with E-state index in [0.29, 0.717) is 0 Å². The first-order valence-electron chi connectivity index (χ1n) is 9.41. The molecule has 0 spiro atoms. The van der Waals surface area contributed by atoms with Gasteiger partial charge in [0, 0.05) is 22.8 Å². The molecule has 0 radical (unpaired) electrons. The molecule has 1 aliphatic rings. The minimum atomic E-state index is -4.69. The largest absolute Gasteiger partial charge is 0.504 e. The van der Waals surface area contributed by atoms with Gasteiger partial charge < -0.3 is 19.9 Å². The Morgan fingerprint density at radius 2 is 1.67 bits per heavy atom. The van der Waals surface area contributed by atoms with Crippen LogP contribution in [0.1, 0.15) is 31.8 Å². The van der Waals surface area contributed by atoms with E-state index in [1.165, 1.54) is 36.4 Å². The van der Waals surface area contributed by atoms with Crippen LogP contribution in [0.2, 0.25) is 0 Å². The maximum atomic E-state index is 13.0. The van der Waals surface area contributed by atoms with Crippen LogP contribution < -0.4 is 4.18 Å². The van der Waals surface area contributed by atoms with Crippen molar-refractivity contribution in [1.82, 2.24) is 0 Å². The maximum absolute atomic E-state index is 13.0. The zero-order valence-corrected chi connectivity index (χ0v) is 17.5. The molecule has 33 heavy (non-hydrogen) atoms. The zero-order valence-electron chi connectivity index (χ0n) is 16.7. The Kier molecular flexibility index (Phi) is 5.39. The number of hydrogen-bond acceptors (Lipinski definition) is 7. The second kappa shape index (κ2) is 8.19. The third kappa shape index (κ3) is 3.80. The summed E-state index contributed by atoms with van der Waals surface area (Å²) in [5, 5.41) is 20.7. The number of allylic oxidation sites excluding steroid dienone is 1. The molecule has 0 aliphatic heterocycles. The second-order valence-electron chi connectivity index (χ2n) is 6.91. The Labute approximate surface area is 187 Å². The smallest absolute Gasteiger partial charge is 0.362 e. The van der Waals surface area contributed by atoms with Crippen molar-refractivity contribution in [2.45, 2.75) is 4.90 Å². The fraction of sp³-hybridized carbons (Fsp3) is 0. The summed E-state index contributed by atoms with van der Waals surface area (Å²) in [6, 6.07) is 13.9. The van der Waals surface area contributed by atoms with E-state index in [0.717, 1.165) is 18.2 Å². The third-order valence-electron chi connectivity index (χ3n) is 4.91. The molecule has 0 bridgehead atoms. The Morgan fingerprint density at radius 1 is 0.939 bits per heavy atom. The average Bonchev–Trinajstić information content (AvgIpc) is 2.82. The molecule has 10 heteroatoms. The molecular formula is C23H14N2O7S. The predicted molar refractivity (Wildman–Crippen MR) is 116 cm³/mol. The van der Waals surface area contributed by atoms with Crippen molar-refractivity contribution >= 4 is 33.5 Å². The number of nitrogens with zero attached hydrogens (tertiary/aromatic N) is 2.